The Morgan fingerprint density at radius 1 is 1.24 bits per heavy atom. The SMILES string of the molecule is [2H]C([2H])([2H])C([2H])(c1nc(C(C)C)c(/C=C/[C@@H](O)C[C@@H](O)CC(=O)[O-])c(-c2ccc(F)cc2)c1CO)C([2H])([2H])[2H].[Na+]. The van der Waals surface area contributed by atoms with Crippen molar-refractivity contribution in [2.45, 2.75) is 71.0 Å². The van der Waals surface area contributed by atoms with Crippen LogP contribution in [0.1, 0.15) is 84.3 Å². The summed E-state index contributed by atoms with van der Waals surface area (Å²) in [6.45, 7) is -4.37. The fraction of sp³-hybridized carbons (Fsp3) is 0.440. The van der Waals surface area contributed by atoms with Crippen molar-refractivity contribution in [1.82, 2.24) is 4.98 Å². The van der Waals surface area contributed by atoms with E-state index in [0.717, 1.165) is 12.1 Å². The van der Waals surface area contributed by atoms with E-state index in [4.69, 9.17) is 9.60 Å². The van der Waals surface area contributed by atoms with Crippen LogP contribution in [0.5, 0.6) is 0 Å². The van der Waals surface area contributed by atoms with E-state index in [1.807, 2.05) is 0 Å². The molecule has 1 aromatic carbocycles. The second-order valence-corrected chi connectivity index (χ2v) is 7.70. The standard InChI is InChI=1S/C25H32FNO5.Na/c1-14(2)24-20(10-9-18(29)11-19(30)12-22(31)32)23(16-5-7-17(26)8-6-16)21(13-28)25(27-24)15(3)4;/h5-10,14-15,18-19,28-30H,11-13H2,1-4H3,(H,31,32);/q;+1/p-1/b10-9+;/t18-,19-;/m1./s1/i3D3,4D3,15D;. The minimum absolute atomic E-state index is 0. The third-order valence-corrected chi connectivity index (χ3v) is 4.84. The van der Waals surface area contributed by atoms with Gasteiger partial charge in [0.25, 0.3) is 0 Å². The summed E-state index contributed by atoms with van der Waals surface area (Å²) in [4.78, 5) is 15.0. The van der Waals surface area contributed by atoms with E-state index < -0.39 is 68.2 Å². The Morgan fingerprint density at radius 2 is 1.88 bits per heavy atom. The smallest absolute Gasteiger partial charge is 0.550 e. The number of carboxylic acids is 1. The number of carbonyl (C=O) groups is 1. The van der Waals surface area contributed by atoms with Gasteiger partial charge >= 0.3 is 29.6 Å². The molecule has 2 rings (SSSR count). The number of hydrogen-bond donors (Lipinski definition) is 3. The Labute approximate surface area is 226 Å². The first-order valence-corrected chi connectivity index (χ1v) is 10.0. The minimum atomic E-state index is -3.40. The van der Waals surface area contributed by atoms with Crippen LogP contribution in [-0.4, -0.2) is 38.5 Å². The fourth-order valence-corrected chi connectivity index (χ4v) is 3.41. The number of nitrogens with zero attached hydrogens (tertiary/aromatic N) is 1. The number of aliphatic hydroxyl groups excluding tert-OH is 3. The van der Waals surface area contributed by atoms with Gasteiger partial charge in [0.1, 0.15) is 5.82 Å². The summed E-state index contributed by atoms with van der Waals surface area (Å²) in [7, 11) is 0. The zero-order valence-corrected chi connectivity index (χ0v) is 20.8. The van der Waals surface area contributed by atoms with Gasteiger partial charge in [0.05, 0.1) is 24.5 Å². The monoisotopic (exact) mass is 474 g/mol. The van der Waals surface area contributed by atoms with Gasteiger partial charge in [-0.3, -0.25) is 4.98 Å². The molecule has 0 aliphatic rings. The van der Waals surface area contributed by atoms with Crippen LogP contribution in [0.3, 0.4) is 0 Å². The van der Waals surface area contributed by atoms with Gasteiger partial charge < -0.3 is 25.2 Å². The van der Waals surface area contributed by atoms with Crippen molar-refractivity contribution >= 4 is 12.0 Å². The predicted molar refractivity (Wildman–Crippen MR) is 119 cm³/mol. The third-order valence-electron chi connectivity index (χ3n) is 4.84. The summed E-state index contributed by atoms with van der Waals surface area (Å²) in [5, 5.41) is 41.3. The number of aliphatic hydroxyl groups is 3. The van der Waals surface area contributed by atoms with Crippen LogP contribution < -0.4 is 34.7 Å². The van der Waals surface area contributed by atoms with E-state index in [1.54, 1.807) is 13.8 Å². The summed E-state index contributed by atoms with van der Waals surface area (Å²) in [5.41, 5.74) is -0.290. The molecular formula is C25H31FNNaO5. The van der Waals surface area contributed by atoms with Crippen molar-refractivity contribution in [3.63, 3.8) is 0 Å². The van der Waals surface area contributed by atoms with E-state index in [0.29, 0.717) is 0 Å². The average Bonchev–Trinajstić information content (AvgIpc) is 2.79. The van der Waals surface area contributed by atoms with Crippen molar-refractivity contribution in [3.05, 3.63) is 58.7 Å². The van der Waals surface area contributed by atoms with Crippen LogP contribution in [0, 0.1) is 5.82 Å². The zero-order valence-electron chi connectivity index (χ0n) is 25.8. The quantitative estimate of drug-likeness (QED) is 0.415. The molecule has 0 unspecified atom stereocenters. The Kier molecular flexibility index (Phi) is 7.94. The summed E-state index contributed by atoms with van der Waals surface area (Å²) in [5.74, 6) is -5.84. The normalized spacial score (nSPS) is 17.6. The summed E-state index contributed by atoms with van der Waals surface area (Å²) >= 11 is 0. The molecule has 0 amide bonds. The van der Waals surface area contributed by atoms with Gasteiger partial charge in [-0.1, -0.05) is 51.8 Å². The van der Waals surface area contributed by atoms with E-state index in [9.17, 15) is 29.6 Å². The van der Waals surface area contributed by atoms with Crippen molar-refractivity contribution in [1.29, 1.82) is 0 Å². The maximum Gasteiger partial charge on any atom is 1.00 e. The van der Waals surface area contributed by atoms with Gasteiger partial charge in [-0.25, -0.2) is 4.39 Å². The Bertz CT molecular complexity index is 1190. The van der Waals surface area contributed by atoms with Crippen molar-refractivity contribution < 1.29 is 68.8 Å². The number of carbonyl (C=O) groups excluding carboxylic acids is 1. The summed E-state index contributed by atoms with van der Waals surface area (Å²) in [6, 6.07) is 4.86. The molecule has 1 aromatic heterocycles. The predicted octanol–water partition coefficient (Wildman–Crippen LogP) is -0.104. The van der Waals surface area contributed by atoms with E-state index in [2.05, 4.69) is 4.98 Å². The fourth-order valence-electron chi connectivity index (χ4n) is 3.41. The molecule has 1 heterocycles. The van der Waals surface area contributed by atoms with Crippen LogP contribution in [0.4, 0.5) is 4.39 Å². The van der Waals surface area contributed by atoms with Crippen LogP contribution in [-0.2, 0) is 11.4 Å². The van der Waals surface area contributed by atoms with Gasteiger partial charge in [-0.2, -0.15) is 0 Å². The van der Waals surface area contributed by atoms with E-state index in [-0.39, 0.29) is 63.9 Å². The van der Waals surface area contributed by atoms with Crippen LogP contribution in [0.15, 0.2) is 30.3 Å². The Balaban J connectivity index is 0.00000800. The van der Waals surface area contributed by atoms with Gasteiger partial charge in [0, 0.05) is 45.2 Å². The number of aromatic nitrogens is 1. The van der Waals surface area contributed by atoms with Gasteiger partial charge in [0.2, 0.25) is 0 Å². The van der Waals surface area contributed by atoms with Crippen LogP contribution in [0.2, 0.25) is 0 Å². The minimum Gasteiger partial charge on any atom is -0.550 e. The topological polar surface area (TPSA) is 114 Å². The number of aliphatic carboxylic acids is 1. The molecule has 0 spiro atoms. The number of pyridine rings is 1. The first kappa shape index (κ1) is 19.7. The molecule has 6 nitrogen and oxygen atoms in total. The molecule has 0 saturated carbocycles. The van der Waals surface area contributed by atoms with Crippen LogP contribution in [0.25, 0.3) is 17.2 Å². The number of rotatable bonds is 10. The Morgan fingerprint density at radius 3 is 2.39 bits per heavy atom. The molecule has 2 aromatic rings. The molecule has 8 heteroatoms. The molecule has 0 radical (unpaired) electrons. The maximum absolute atomic E-state index is 13.8. The molecule has 2 atom stereocenters. The maximum atomic E-state index is 13.8. The molecule has 0 aliphatic carbocycles. The molecule has 0 aliphatic heterocycles. The largest absolute Gasteiger partial charge is 1.00 e. The number of hydrogen-bond acceptors (Lipinski definition) is 6. The molecule has 0 saturated heterocycles. The van der Waals surface area contributed by atoms with Gasteiger partial charge in [-0.05, 0) is 35.1 Å². The van der Waals surface area contributed by atoms with Crippen molar-refractivity contribution in [2.24, 2.45) is 0 Å². The second-order valence-electron chi connectivity index (χ2n) is 7.70. The molecule has 3 N–H and O–H groups in total. The Hall–Kier alpha value is -1.61. The average molecular weight is 475 g/mol. The molecule has 0 fully saturated rings. The zero-order chi connectivity index (χ0) is 29.9. The third kappa shape index (κ3) is 7.98. The molecule has 0 bridgehead atoms. The first-order chi connectivity index (χ1) is 17.8. The molecular weight excluding hydrogens is 436 g/mol. The van der Waals surface area contributed by atoms with Gasteiger partial charge in [0.15, 0.2) is 0 Å². The number of halogens is 1. The van der Waals surface area contributed by atoms with E-state index in [1.165, 1.54) is 24.3 Å². The van der Waals surface area contributed by atoms with Crippen LogP contribution >= 0.6 is 0 Å². The summed E-state index contributed by atoms with van der Waals surface area (Å²) < 4.78 is 70.1. The summed E-state index contributed by atoms with van der Waals surface area (Å²) in [6.07, 6.45) is -1.25. The van der Waals surface area contributed by atoms with E-state index >= 15 is 0 Å². The molecule has 33 heavy (non-hydrogen) atoms. The number of carboxylic acid groups (broad SMARTS) is 1. The van der Waals surface area contributed by atoms with Crippen molar-refractivity contribution in [2.75, 3.05) is 0 Å². The first-order valence-electron chi connectivity index (χ1n) is 13.5. The molecule has 174 valence electrons. The second kappa shape index (κ2) is 13.3. The number of benzene rings is 1. The van der Waals surface area contributed by atoms with Crippen molar-refractivity contribution in [3.8, 4) is 11.1 Å². The van der Waals surface area contributed by atoms with Gasteiger partial charge in [-0.15, -0.1) is 0 Å².